The molecule has 0 aliphatic carbocycles. The molecule has 0 aromatic carbocycles. The molecule has 0 spiro atoms. The summed E-state index contributed by atoms with van der Waals surface area (Å²) in [7, 11) is 0. The second-order valence-electron chi connectivity index (χ2n) is 1.93. The van der Waals surface area contributed by atoms with E-state index >= 15 is 0 Å². The average Bonchev–Trinajstić information content (AvgIpc) is 2.43. The predicted octanol–water partition coefficient (Wildman–Crippen LogP) is 0.455. The quantitative estimate of drug-likeness (QED) is 0.542. The van der Waals surface area contributed by atoms with Crippen LogP contribution in [0.3, 0.4) is 0 Å². The van der Waals surface area contributed by atoms with Crippen LogP contribution >= 0.6 is 0 Å². The number of hydrogen-bond acceptors (Lipinski definition) is 2. The summed E-state index contributed by atoms with van der Waals surface area (Å²) in [6.45, 7) is 5.09. The summed E-state index contributed by atoms with van der Waals surface area (Å²) in [6.07, 6.45) is 3.61. The van der Waals surface area contributed by atoms with E-state index in [4.69, 9.17) is 4.74 Å². The molecular weight excluding hydrogens is 130 g/mol. The highest BCUT2D eigenvalue weighted by Crippen LogP contribution is 1.98. The van der Waals surface area contributed by atoms with E-state index in [-0.39, 0.29) is 0 Å². The molecule has 1 rings (SSSR count). The number of carbonyl (C=O) groups is 1. The fourth-order valence-corrected chi connectivity index (χ4v) is 0.510. The molecule has 1 heterocycles. The maximum atomic E-state index is 9.47. The lowest BCUT2D eigenvalue weighted by molar-refractivity contribution is -0.113. The van der Waals surface area contributed by atoms with E-state index in [2.05, 4.69) is 12.3 Å². The van der Waals surface area contributed by atoms with Gasteiger partial charge in [0.05, 0.1) is 0 Å². The first-order valence-electron chi connectivity index (χ1n) is 3.27. The van der Waals surface area contributed by atoms with Crippen LogP contribution in [0.2, 0.25) is 0 Å². The van der Waals surface area contributed by atoms with E-state index in [9.17, 15) is 4.79 Å². The Balaban J connectivity index is 0.000000162. The smallest absolute Gasteiger partial charge is 0.240 e. The molecule has 1 amide bonds. The molecule has 1 aliphatic rings. The third-order valence-corrected chi connectivity index (χ3v) is 1.03. The summed E-state index contributed by atoms with van der Waals surface area (Å²) in [5.41, 5.74) is 4.53. The summed E-state index contributed by atoms with van der Waals surface area (Å²) < 4.78 is 4.94. The zero-order chi connectivity index (χ0) is 7.82. The fourth-order valence-electron chi connectivity index (χ4n) is 0.510. The van der Waals surface area contributed by atoms with Gasteiger partial charge in [0.15, 0.2) is 0 Å². The Bertz CT molecular complexity index is 101. The van der Waals surface area contributed by atoms with Gasteiger partial charge < -0.3 is 10.5 Å². The number of nitrogens with two attached hydrogens (primary N) is 1. The van der Waals surface area contributed by atoms with Gasteiger partial charge in [-0.1, -0.05) is 6.58 Å². The van der Waals surface area contributed by atoms with Gasteiger partial charge in [0.25, 0.3) is 0 Å². The fraction of sp³-hybridized carbons (Fsp3) is 0.571. The van der Waals surface area contributed by atoms with E-state index in [1.54, 1.807) is 0 Å². The third kappa shape index (κ3) is 7.17. The van der Waals surface area contributed by atoms with E-state index in [0.717, 1.165) is 19.3 Å². The van der Waals surface area contributed by atoms with Gasteiger partial charge in [0.2, 0.25) is 5.91 Å². The highest BCUT2D eigenvalue weighted by Gasteiger charge is 1.94. The van der Waals surface area contributed by atoms with Crippen LogP contribution in [0.4, 0.5) is 0 Å². The van der Waals surface area contributed by atoms with Crippen molar-refractivity contribution >= 4 is 5.91 Å². The molecule has 1 fully saturated rings. The first-order valence-corrected chi connectivity index (χ1v) is 3.27. The molecule has 0 unspecified atom stereocenters. The van der Waals surface area contributed by atoms with Gasteiger partial charge in [-0.2, -0.15) is 0 Å². The van der Waals surface area contributed by atoms with Crippen molar-refractivity contribution in [3.05, 3.63) is 12.7 Å². The Hall–Kier alpha value is -0.830. The van der Waals surface area contributed by atoms with Gasteiger partial charge in [0, 0.05) is 13.2 Å². The van der Waals surface area contributed by atoms with Crippen LogP contribution in [0.1, 0.15) is 12.8 Å². The van der Waals surface area contributed by atoms with Crippen LogP contribution in [0.15, 0.2) is 12.7 Å². The Labute approximate surface area is 60.9 Å². The molecule has 3 nitrogen and oxygen atoms in total. The molecule has 1 saturated heterocycles. The highest BCUT2D eigenvalue weighted by molar-refractivity contribution is 5.84. The summed E-state index contributed by atoms with van der Waals surface area (Å²) >= 11 is 0. The van der Waals surface area contributed by atoms with Crippen LogP contribution in [0.5, 0.6) is 0 Å². The zero-order valence-electron chi connectivity index (χ0n) is 6.01. The molecule has 0 aromatic heterocycles. The van der Waals surface area contributed by atoms with Crippen molar-refractivity contribution in [3.8, 4) is 0 Å². The van der Waals surface area contributed by atoms with Gasteiger partial charge in [-0.15, -0.1) is 0 Å². The van der Waals surface area contributed by atoms with Crippen LogP contribution in [0.25, 0.3) is 0 Å². The summed E-state index contributed by atoms with van der Waals surface area (Å²) in [6, 6.07) is 0. The zero-order valence-corrected chi connectivity index (χ0v) is 6.01. The minimum Gasteiger partial charge on any atom is -0.381 e. The molecule has 0 saturated carbocycles. The Morgan fingerprint density at radius 2 is 1.90 bits per heavy atom. The molecule has 58 valence electrons. The van der Waals surface area contributed by atoms with Gasteiger partial charge in [-0.05, 0) is 18.9 Å². The van der Waals surface area contributed by atoms with Gasteiger partial charge in [-0.3, -0.25) is 4.79 Å². The molecule has 0 bridgehead atoms. The molecule has 2 N–H and O–H groups in total. The summed E-state index contributed by atoms with van der Waals surface area (Å²) in [5.74, 6) is -0.481. The third-order valence-electron chi connectivity index (χ3n) is 1.03. The van der Waals surface area contributed by atoms with Gasteiger partial charge >= 0.3 is 0 Å². The van der Waals surface area contributed by atoms with Crippen molar-refractivity contribution in [3.63, 3.8) is 0 Å². The molecule has 1 aliphatic heterocycles. The Kier molecular flexibility index (Phi) is 5.77. The summed E-state index contributed by atoms with van der Waals surface area (Å²) in [4.78, 5) is 9.47. The monoisotopic (exact) mass is 143 g/mol. The van der Waals surface area contributed by atoms with Crippen molar-refractivity contribution in [2.24, 2.45) is 5.73 Å². The number of ether oxygens (including phenoxy) is 1. The minimum atomic E-state index is -0.481. The van der Waals surface area contributed by atoms with E-state index in [0.29, 0.717) is 0 Å². The second-order valence-corrected chi connectivity index (χ2v) is 1.93. The van der Waals surface area contributed by atoms with Crippen LogP contribution in [0, 0.1) is 0 Å². The molecule has 0 aromatic rings. The van der Waals surface area contributed by atoms with Crippen molar-refractivity contribution in [1.82, 2.24) is 0 Å². The second kappa shape index (κ2) is 6.29. The lowest BCUT2D eigenvalue weighted by atomic mass is 10.4. The largest absolute Gasteiger partial charge is 0.381 e. The molecule has 10 heavy (non-hydrogen) atoms. The van der Waals surface area contributed by atoms with Gasteiger partial charge in [0.1, 0.15) is 0 Å². The van der Waals surface area contributed by atoms with Gasteiger partial charge in [-0.25, -0.2) is 0 Å². The Morgan fingerprint density at radius 3 is 2.00 bits per heavy atom. The van der Waals surface area contributed by atoms with Crippen LogP contribution in [-0.2, 0) is 9.53 Å². The first kappa shape index (κ1) is 9.17. The number of rotatable bonds is 1. The minimum absolute atomic E-state index is 0.481. The maximum Gasteiger partial charge on any atom is 0.240 e. The lowest BCUT2D eigenvalue weighted by Gasteiger charge is -1.76. The summed E-state index contributed by atoms with van der Waals surface area (Å²) in [5, 5.41) is 0. The number of hydrogen-bond donors (Lipinski definition) is 1. The first-order chi connectivity index (χ1) is 4.77. The standard InChI is InChI=1S/C4H8O.C3H5NO/c1-2-4-5-3-1;1-2-3(4)5/h1-4H2;2H,1H2,(H2,4,5). The van der Waals surface area contributed by atoms with E-state index < -0.39 is 5.91 Å². The van der Waals surface area contributed by atoms with Crippen LogP contribution in [-0.4, -0.2) is 19.1 Å². The van der Waals surface area contributed by atoms with E-state index in [1.165, 1.54) is 12.8 Å². The van der Waals surface area contributed by atoms with Crippen LogP contribution < -0.4 is 5.73 Å². The number of carbonyl (C=O) groups excluding carboxylic acids is 1. The SMILES string of the molecule is C1CCOC1.C=CC(N)=O. The van der Waals surface area contributed by atoms with E-state index in [1.807, 2.05) is 0 Å². The molecule has 0 radical (unpaired) electrons. The number of amides is 1. The molecule has 0 atom stereocenters. The normalized spacial score (nSPS) is 15.2. The topological polar surface area (TPSA) is 52.3 Å². The maximum absolute atomic E-state index is 9.47. The predicted molar refractivity (Wildman–Crippen MR) is 39.4 cm³/mol. The van der Waals surface area contributed by atoms with Crippen molar-refractivity contribution in [1.29, 1.82) is 0 Å². The number of primary amides is 1. The Morgan fingerprint density at radius 1 is 1.50 bits per heavy atom. The highest BCUT2D eigenvalue weighted by atomic mass is 16.5. The molecule has 3 heteroatoms. The average molecular weight is 143 g/mol. The van der Waals surface area contributed by atoms with Crippen molar-refractivity contribution < 1.29 is 9.53 Å². The molecular formula is C7H13NO2. The van der Waals surface area contributed by atoms with Crippen molar-refractivity contribution in [2.45, 2.75) is 12.8 Å². The van der Waals surface area contributed by atoms with Crippen molar-refractivity contribution in [2.75, 3.05) is 13.2 Å². The lowest BCUT2D eigenvalue weighted by Crippen LogP contribution is -2.04.